The van der Waals surface area contributed by atoms with E-state index in [1.165, 1.54) is 31.2 Å². The van der Waals surface area contributed by atoms with Gasteiger partial charge in [0.15, 0.2) is 5.76 Å². The first-order chi connectivity index (χ1) is 12.7. The number of unbranched alkanes of at least 4 members (excludes halogenated alkanes) is 4. The maximum absolute atomic E-state index is 12.2. The summed E-state index contributed by atoms with van der Waals surface area (Å²) in [5, 5.41) is 7.71. The Morgan fingerprint density at radius 2 is 2.00 bits per heavy atom. The van der Waals surface area contributed by atoms with E-state index in [2.05, 4.69) is 17.4 Å². The van der Waals surface area contributed by atoms with Crippen LogP contribution in [0.3, 0.4) is 0 Å². The van der Waals surface area contributed by atoms with Gasteiger partial charge in [0, 0.05) is 17.5 Å². The van der Waals surface area contributed by atoms with Crippen molar-refractivity contribution in [3.05, 3.63) is 34.5 Å². The van der Waals surface area contributed by atoms with Crippen LogP contribution in [0.2, 0.25) is 5.02 Å². The number of benzene rings is 1. The number of nitrogens with one attached hydrogen (secondary N) is 1. The molecule has 0 bridgehead atoms. The Bertz CT molecular complexity index is 754. The van der Waals surface area contributed by atoms with E-state index in [4.69, 9.17) is 16.1 Å². The van der Waals surface area contributed by atoms with Crippen LogP contribution in [0.25, 0.3) is 11.3 Å². The summed E-state index contributed by atoms with van der Waals surface area (Å²) in [5.74, 6) is 0.826. The molecule has 1 aromatic heterocycles. The van der Waals surface area contributed by atoms with Crippen LogP contribution in [0.5, 0.6) is 0 Å². The molecule has 0 fully saturated rings. The summed E-state index contributed by atoms with van der Waals surface area (Å²) >= 11 is 6.29. The van der Waals surface area contributed by atoms with Crippen molar-refractivity contribution in [1.82, 2.24) is 5.16 Å². The summed E-state index contributed by atoms with van der Waals surface area (Å²) in [6, 6.07) is 5.64. The molecule has 4 nitrogen and oxygen atoms in total. The highest BCUT2D eigenvalue weighted by molar-refractivity contribution is 6.33. The van der Waals surface area contributed by atoms with Gasteiger partial charge in [-0.3, -0.25) is 4.79 Å². The summed E-state index contributed by atoms with van der Waals surface area (Å²) < 4.78 is 5.60. The van der Waals surface area contributed by atoms with Crippen LogP contribution in [0.1, 0.15) is 69.5 Å². The second kappa shape index (κ2) is 9.22. The Labute approximate surface area is 160 Å². The lowest BCUT2D eigenvalue weighted by molar-refractivity contribution is -0.116. The third-order valence-corrected chi connectivity index (χ3v) is 5.30. The minimum atomic E-state index is 0.0140. The Morgan fingerprint density at radius 3 is 2.85 bits per heavy atom. The van der Waals surface area contributed by atoms with Gasteiger partial charge in [-0.1, -0.05) is 49.4 Å². The standard InChI is InChI=1S/C21H27ClN2O2/c1-2-3-4-5-6-11-20(25)23-19-14-15(12-13-17(19)22)21-16-9-7-8-10-18(16)24-26-21/h12-14H,2-11H2,1H3,(H,23,25). The number of nitrogens with zero attached hydrogens (tertiary/aromatic N) is 1. The molecule has 0 radical (unpaired) electrons. The topological polar surface area (TPSA) is 55.1 Å². The Morgan fingerprint density at radius 1 is 1.19 bits per heavy atom. The maximum Gasteiger partial charge on any atom is 0.224 e. The predicted octanol–water partition coefficient (Wildman–Crippen LogP) is 6.17. The molecule has 0 atom stereocenters. The van der Waals surface area contributed by atoms with Crippen LogP contribution < -0.4 is 5.32 Å². The van der Waals surface area contributed by atoms with Gasteiger partial charge in [0.25, 0.3) is 0 Å². The van der Waals surface area contributed by atoms with Crippen LogP contribution in [0.15, 0.2) is 22.7 Å². The number of halogens is 1. The molecule has 1 amide bonds. The summed E-state index contributed by atoms with van der Waals surface area (Å²) in [4.78, 5) is 12.2. The van der Waals surface area contributed by atoms with Crippen molar-refractivity contribution in [2.75, 3.05) is 5.32 Å². The van der Waals surface area contributed by atoms with E-state index in [0.29, 0.717) is 17.1 Å². The molecule has 1 aliphatic carbocycles. The molecule has 1 heterocycles. The van der Waals surface area contributed by atoms with Gasteiger partial charge in [-0.15, -0.1) is 0 Å². The van der Waals surface area contributed by atoms with Crippen LogP contribution in [0, 0.1) is 0 Å². The lowest BCUT2D eigenvalue weighted by Crippen LogP contribution is -2.11. The van der Waals surface area contributed by atoms with Gasteiger partial charge in [-0.25, -0.2) is 0 Å². The summed E-state index contributed by atoms with van der Waals surface area (Å²) in [7, 11) is 0. The van der Waals surface area contributed by atoms with Crippen LogP contribution in [-0.2, 0) is 17.6 Å². The van der Waals surface area contributed by atoms with Gasteiger partial charge in [0.1, 0.15) is 0 Å². The average Bonchev–Trinajstić information content (AvgIpc) is 3.07. The van der Waals surface area contributed by atoms with Crippen molar-refractivity contribution < 1.29 is 9.32 Å². The number of aromatic nitrogens is 1. The molecule has 26 heavy (non-hydrogen) atoms. The molecule has 0 spiro atoms. The van der Waals surface area contributed by atoms with E-state index in [-0.39, 0.29) is 5.91 Å². The van der Waals surface area contributed by atoms with E-state index < -0.39 is 0 Å². The zero-order valence-corrected chi connectivity index (χ0v) is 16.2. The van der Waals surface area contributed by atoms with Gasteiger partial charge in [-0.2, -0.15) is 0 Å². The number of carbonyl (C=O) groups is 1. The predicted molar refractivity (Wildman–Crippen MR) is 106 cm³/mol. The molecule has 140 valence electrons. The lowest BCUT2D eigenvalue weighted by Gasteiger charge is -2.11. The quantitative estimate of drug-likeness (QED) is 0.562. The molecule has 0 saturated heterocycles. The van der Waals surface area contributed by atoms with Crippen molar-refractivity contribution in [3.63, 3.8) is 0 Å². The number of anilines is 1. The third-order valence-electron chi connectivity index (χ3n) is 4.97. The molecule has 1 N–H and O–H groups in total. The number of carbonyl (C=O) groups excluding carboxylic acids is 1. The maximum atomic E-state index is 12.2. The number of fused-ring (bicyclic) bond motifs is 1. The number of hydrogen-bond donors (Lipinski definition) is 1. The summed E-state index contributed by atoms with van der Waals surface area (Å²) in [6.07, 6.45) is 10.5. The van der Waals surface area contributed by atoms with Crippen LogP contribution >= 0.6 is 11.6 Å². The highest BCUT2D eigenvalue weighted by Gasteiger charge is 2.21. The zero-order chi connectivity index (χ0) is 18.4. The molecule has 5 heteroatoms. The summed E-state index contributed by atoms with van der Waals surface area (Å²) in [5.41, 5.74) is 3.83. The Hall–Kier alpha value is -1.81. The Kier molecular flexibility index (Phi) is 6.73. The van der Waals surface area contributed by atoms with Gasteiger partial charge in [-0.05, 0) is 50.3 Å². The van der Waals surface area contributed by atoms with Crippen molar-refractivity contribution in [3.8, 4) is 11.3 Å². The number of aryl methyl sites for hydroxylation is 1. The van der Waals surface area contributed by atoms with Gasteiger partial charge < -0.3 is 9.84 Å². The first kappa shape index (κ1) is 19.0. The second-order valence-corrected chi connectivity index (χ2v) is 7.46. The fourth-order valence-electron chi connectivity index (χ4n) is 3.48. The molecule has 2 aromatic rings. The minimum absolute atomic E-state index is 0.0140. The van der Waals surface area contributed by atoms with Gasteiger partial charge in [0.2, 0.25) is 5.91 Å². The van der Waals surface area contributed by atoms with E-state index >= 15 is 0 Å². The van der Waals surface area contributed by atoms with E-state index in [1.807, 2.05) is 18.2 Å². The largest absolute Gasteiger partial charge is 0.356 e. The fraction of sp³-hybridized carbons (Fsp3) is 0.524. The zero-order valence-electron chi connectivity index (χ0n) is 15.4. The third kappa shape index (κ3) is 4.67. The number of rotatable bonds is 8. The SMILES string of the molecule is CCCCCCCC(=O)Nc1cc(-c2onc3c2CCCC3)ccc1Cl. The van der Waals surface area contributed by atoms with Gasteiger partial charge >= 0.3 is 0 Å². The Balaban J connectivity index is 1.66. The number of hydrogen-bond acceptors (Lipinski definition) is 3. The summed E-state index contributed by atoms with van der Waals surface area (Å²) in [6.45, 7) is 2.19. The second-order valence-electron chi connectivity index (χ2n) is 7.05. The monoisotopic (exact) mass is 374 g/mol. The molecular formula is C21H27ClN2O2. The molecular weight excluding hydrogens is 348 g/mol. The first-order valence-corrected chi connectivity index (χ1v) is 10.1. The normalized spacial score (nSPS) is 13.5. The molecule has 0 unspecified atom stereocenters. The van der Waals surface area contributed by atoms with Gasteiger partial charge in [0.05, 0.1) is 16.4 Å². The number of amides is 1. The van der Waals surface area contributed by atoms with Crippen molar-refractivity contribution in [1.29, 1.82) is 0 Å². The lowest BCUT2D eigenvalue weighted by atomic mass is 9.94. The average molecular weight is 375 g/mol. The molecule has 1 aromatic carbocycles. The molecule has 0 aliphatic heterocycles. The van der Waals surface area contributed by atoms with Crippen LogP contribution in [-0.4, -0.2) is 11.1 Å². The smallest absolute Gasteiger partial charge is 0.224 e. The van der Waals surface area contributed by atoms with Crippen molar-refractivity contribution >= 4 is 23.2 Å². The first-order valence-electron chi connectivity index (χ1n) is 9.76. The van der Waals surface area contributed by atoms with Crippen LogP contribution in [0.4, 0.5) is 5.69 Å². The van der Waals surface area contributed by atoms with E-state index in [0.717, 1.165) is 49.1 Å². The fourth-order valence-corrected chi connectivity index (χ4v) is 3.65. The van der Waals surface area contributed by atoms with E-state index in [9.17, 15) is 4.79 Å². The minimum Gasteiger partial charge on any atom is -0.356 e. The van der Waals surface area contributed by atoms with Crippen molar-refractivity contribution in [2.24, 2.45) is 0 Å². The highest BCUT2D eigenvalue weighted by Crippen LogP contribution is 2.34. The molecule has 1 aliphatic rings. The van der Waals surface area contributed by atoms with E-state index in [1.54, 1.807) is 0 Å². The highest BCUT2D eigenvalue weighted by atomic mass is 35.5. The van der Waals surface area contributed by atoms with Crippen molar-refractivity contribution in [2.45, 2.75) is 71.1 Å². The molecule has 3 rings (SSSR count). The molecule has 0 saturated carbocycles.